The molecule has 0 saturated carbocycles. The molecule has 1 aromatic carbocycles. The molecule has 0 aromatic heterocycles. The quantitative estimate of drug-likeness (QED) is 0.791. The predicted molar refractivity (Wildman–Crippen MR) is 57.0 cm³/mol. The van der Waals surface area contributed by atoms with Crippen molar-refractivity contribution < 1.29 is 4.74 Å². The summed E-state index contributed by atoms with van der Waals surface area (Å²) in [5.41, 5.74) is 7.78. The Labute approximate surface area is 89.5 Å². The van der Waals surface area contributed by atoms with Crippen LogP contribution in [-0.4, -0.2) is 13.2 Å². The van der Waals surface area contributed by atoms with E-state index < -0.39 is 5.41 Å². The molecule has 15 heavy (non-hydrogen) atoms. The molecule has 1 saturated heterocycles. The summed E-state index contributed by atoms with van der Waals surface area (Å²) in [6.07, 6.45) is 0. The van der Waals surface area contributed by atoms with E-state index in [1.165, 1.54) is 5.56 Å². The summed E-state index contributed by atoms with van der Waals surface area (Å²) in [7, 11) is 0. The van der Waals surface area contributed by atoms with Crippen LogP contribution < -0.4 is 5.73 Å². The number of nitriles is 1. The van der Waals surface area contributed by atoms with Crippen molar-refractivity contribution in [1.29, 1.82) is 5.26 Å². The molecular weight excluding hydrogens is 188 g/mol. The predicted octanol–water partition coefficient (Wildman–Crippen LogP) is 1.53. The minimum atomic E-state index is -0.519. The van der Waals surface area contributed by atoms with E-state index in [4.69, 9.17) is 15.7 Å². The molecule has 3 heteroatoms. The average Bonchev–Trinajstić information content (AvgIpc) is 2.18. The van der Waals surface area contributed by atoms with Gasteiger partial charge in [0.1, 0.15) is 5.41 Å². The van der Waals surface area contributed by atoms with Crippen LogP contribution in [0.2, 0.25) is 0 Å². The molecule has 2 N–H and O–H groups in total. The highest BCUT2D eigenvalue weighted by Gasteiger charge is 2.45. The second kappa shape index (κ2) is 3.65. The first-order chi connectivity index (χ1) is 7.18. The van der Waals surface area contributed by atoms with Crippen molar-refractivity contribution in [3.05, 3.63) is 35.4 Å². The standard InChI is InChI=1S/C12H14N2O/c1-9-2-4-10(5-3-9)11(14)12(6-13)7-15-8-12/h2-5,11H,7-8,14H2,1H3. The van der Waals surface area contributed by atoms with E-state index in [1.54, 1.807) is 0 Å². The summed E-state index contributed by atoms with van der Waals surface area (Å²) >= 11 is 0. The van der Waals surface area contributed by atoms with Crippen LogP contribution in [0, 0.1) is 23.7 Å². The largest absolute Gasteiger partial charge is 0.378 e. The third-order valence-corrected chi connectivity index (χ3v) is 2.97. The smallest absolute Gasteiger partial charge is 0.123 e. The lowest BCUT2D eigenvalue weighted by molar-refractivity contribution is -0.0910. The Balaban J connectivity index is 2.24. The van der Waals surface area contributed by atoms with Crippen LogP contribution in [0.3, 0.4) is 0 Å². The Kier molecular flexibility index (Phi) is 2.47. The summed E-state index contributed by atoms with van der Waals surface area (Å²) in [5, 5.41) is 9.11. The van der Waals surface area contributed by atoms with Crippen LogP contribution in [0.15, 0.2) is 24.3 Å². The highest BCUT2D eigenvalue weighted by molar-refractivity contribution is 5.28. The maximum Gasteiger partial charge on any atom is 0.123 e. The topological polar surface area (TPSA) is 59.0 Å². The second-order valence-corrected chi connectivity index (χ2v) is 4.15. The van der Waals surface area contributed by atoms with Crippen molar-refractivity contribution in [2.75, 3.05) is 13.2 Å². The van der Waals surface area contributed by atoms with Gasteiger partial charge in [0.05, 0.1) is 25.3 Å². The highest BCUT2D eigenvalue weighted by atomic mass is 16.5. The summed E-state index contributed by atoms with van der Waals surface area (Å²) in [6, 6.07) is 10.0. The highest BCUT2D eigenvalue weighted by Crippen LogP contribution is 2.38. The van der Waals surface area contributed by atoms with E-state index >= 15 is 0 Å². The van der Waals surface area contributed by atoms with Crippen molar-refractivity contribution >= 4 is 0 Å². The zero-order valence-electron chi connectivity index (χ0n) is 8.73. The summed E-state index contributed by atoms with van der Waals surface area (Å²) in [5.74, 6) is 0. The molecule has 1 unspecified atom stereocenters. The number of hydrogen-bond donors (Lipinski definition) is 1. The van der Waals surface area contributed by atoms with Gasteiger partial charge in [-0.2, -0.15) is 5.26 Å². The van der Waals surface area contributed by atoms with Crippen LogP contribution in [0.4, 0.5) is 0 Å². The molecule has 0 aliphatic carbocycles. The molecule has 1 heterocycles. The molecule has 1 aliphatic heterocycles. The molecule has 1 aromatic rings. The normalized spacial score (nSPS) is 20.1. The fraction of sp³-hybridized carbons (Fsp3) is 0.417. The van der Waals surface area contributed by atoms with Gasteiger partial charge in [0.15, 0.2) is 0 Å². The van der Waals surface area contributed by atoms with Gasteiger partial charge in [-0.3, -0.25) is 0 Å². The average molecular weight is 202 g/mol. The van der Waals surface area contributed by atoms with Crippen LogP contribution in [-0.2, 0) is 4.74 Å². The number of rotatable bonds is 2. The number of benzene rings is 1. The van der Waals surface area contributed by atoms with Crippen LogP contribution in [0.25, 0.3) is 0 Å². The Hall–Kier alpha value is -1.37. The third-order valence-electron chi connectivity index (χ3n) is 2.97. The lowest BCUT2D eigenvalue weighted by Crippen LogP contribution is -2.49. The number of hydrogen-bond acceptors (Lipinski definition) is 3. The maximum atomic E-state index is 9.11. The van der Waals surface area contributed by atoms with Gasteiger partial charge in [-0.1, -0.05) is 29.8 Å². The lowest BCUT2D eigenvalue weighted by atomic mass is 9.77. The Morgan fingerprint density at radius 3 is 2.40 bits per heavy atom. The molecule has 1 fully saturated rings. The maximum absolute atomic E-state index is 9.11. The van der Waals surface area contributed by atoms with E-state index in [0.29, 0.717) is 13.2 Å². The number of nitrogens with zero attached hydrogens (tertiary/aromatic N) is 1. The van der Waals surface area contributed by atoms with Gasteiger partial charge in [-0.05, 0) is 12.5 Å². The molecule has 0 amide bonds. The first kappa shape index (κ1) is 10.2. The third kappa shape index (κ3) is 1.63. The van der Waals surface area contributed by atoms with Crippen LogP contribution >= 0.6 is 0 Å². The van der Waals surface area contributed by atoms with E-state index in [9.17, 15) is 0 Å². The molecule has 2 rings (SSSR count). The fourth-order valence-corrected chi connectivity index (χ4v) is 1.73. The monoisotopic (exact) mass is 202 g/mol. The SMILES string of the molecule is Cc1ccc(C(N)C2(C#N)COC2)cc1. The van der Waals surface area contributed by atoms with E-state index in [0.717, 1.165) is 5.56 Å². The summed E-state index contributed by atoms with van der Waals surface area (Å²) in [4.78, 5) is 0. The molecule has 0 bridgehead atoms. The van der Waals surface area contributed by atoms with E-state index in [1.807, 2.05) is 31.2 Å². The fourth-order valence-electron chi connectivity index (χ4n) is 1.73. The number of ether oxygens (including phenoxy) is 1. The molecule has 0 spiro atoms. The van der Waals surface area contributed by atoms with Gasteiger partial charge in [-0.25, -0.2) is 0 Å². The summed E-state index contributed by atoms with van der Waals surface area (Å²) in [6.45, 7) is 2.92. The van der Waals surface area contributed by atoms with Crippen molar-refractivity contribution in [3.63, 3.8) is 0 Å². The van der Waals surface area contributed by atoms with Crippen LogP contribution in [0.1, 0.15) is 17.2 Å². The van der Waals surface area contributed by atoms with E-state index in [2.05, 4.69) is 6.07 Å². The molecule has 1 atom stereocenters. The Morgan fingerprint density at radius 1 is 1.40 bits per heavy atom. The van der Waals surface area contributed by atoms with Crippen LogP contribution in [0.5, 0.6) is 0 Å². The zero-order valence-corrected chi connectivity index (χ0v) is 8.73. The van der Waals surface area contributed by atoms with Crippen molar-refractivity contribution in [3.8, 4) is 6.07 Å². The molecule has 0 radical (unpaired) electrons. The van der Waals surface area contributed by atoms with Gasteiger partial charge in [-0.15, -0.1) is 0 Å². The molecule has 1 aliphatic rings. The minimum absolute atomic E-state index is 0.253. The first-order valence-electron chi connectivity index (χ1n) is 4.99. The van der Waals surface area contributed by atoms with E-state index in [-0.39, 0.29) is 6.04 Å². The van der Waals surface area contributed by atoms with Gasteiger partial charge < -0.3 is 10.5 Å². The molecule has 78 valence electrons. The minimum Gasteiger partial charge on any atom is -0.378 e. The molecule has 3 nitrogen and oxygen atoms in total. The van der Waals surface area contributed by atoms with Gasteiger partial charge in [0.2, 0.25) is 0 Å². The summed E-state index contributed by atoms with van der Waals surface area (Å²) < 4.78 is 5.09. The van der Waals surface area contributed by atoms with Crippen molar-refractivity contribution in [1.82, 2.24) is 0 Å². The Morgan fingerprint density at radius 2 is 2.00 bits per heavy atom. The Bertz CT molecular complexity index is 387. The number of aryl methyl sites for hydroxylation is 1. The van der Waals surface area contributed by atoms with Gasteiger partial charge in [0, 0.05) is 0 Å². The van der Waals surface area contributed by atoms with Crippen molar-refractivity contribution in [2.24, 2.45) is 11.1 Å². The zero-order chi connectivity index (χ0) is 10.9. The molecular formula is C12H14N2O. The van der Waals surface area contributed by atoms with Crippen molar-refractivity contribution in [2.45, 2.75) is 13.0 Å². The lowest BCUT2D eigenvalue weighted by Gasteiger charge is -2.39. The van der Waals surface area contributed by atoms with Gasteiger partial charge >= 0.3 is 0 Å². The van der Waals surface area contributed by atoms with Gasteiger partial charge in [0.25, 0.3) is 0 Å². The number of nitrogens with two attached hydrogens (primary N) is 1. The second-order valence-electron chi connectivity index (χ2n) is 4.15. The first-order valence-corrected chi connectivity index (χ1v) is 4.99.